The molecule has 0 radical (unpaired) electrons. The number of nitrogens with zero attached hydrogens (tertiary/aromatic N) is 1. The van der Waals surface area contributed by atoms with E-state index in [0.717, 1.165) is 10.7 Å². The van der Waals surface area contributed by atoms with Crippen molar-refractivity contribution in [2.45, 2.75) is 6.92 Å². The molecule has 0 spiro atoms. The predicted octanol–water partition coefficient (Wildman–Crippen LogP) is 4.37. The van der Waals surface area contributed by atoms with Crippen LogP contribution < -0.4 is 5.73 Å². The van der Waals surface area contributed by atoms with Gasteiger partial charge in [-0.05, 0) is 35.7 Å². The number of hydrogen-bond donors (Lipinski definition) is 1. The number of aryl methyl sites for hydroxylation is 1. The summed E-state index contributed by atoms with van der Waals surface area (Å²) in [4.78, 5) is 4.44. The van der Waals surface area contributed by atoms with Crippen LogP contribution in [0.1, 0.15) is 5.56 Å². The molecule has 0 bridgehead atoms. The van der Waals surface area contributed by atoms with Crippen LogP contribution in [-0.4, -0.2) is 4.98 Å². The van der Waals surface area contributed by atoms with E-state index in [0.29, 0.717) is 0 Å². The Hall–Kier alpha value is -2.13. The molecule has 0 unspecified atom stereocenters. The number of nitrogen functional groups attached to an aromatic ring is 1. The first-order valence-corrected chi connectivity index (χ1v) is 6.99. The lowest BCUT2D eigenvalue weighted by Crippen LogP contribution is -1.89. The van der Waals surface area contributed by atoms with Gasteiger partial charge in [-0.15, -0.1) is 11.3 Å². The van der Waals surface area contributed by atoms with Crippen LogP contribution in [0.2, 0.25) is 0 Å². The molecule has 3 aromatic rings. The molecule has 0 fully saturated rings. The molecule has 0 aliphatic rings. The van der Waals surface area contributed by atoms with E-state index < -0.39 is 0 Å². The maximum atomic E-state index is 5.76. The zero-order valence-electron chi connectivity index (χ0n) is 10.6. The van der Waals surface area contributed by atoms with E-state index in [-0.39, 0.29) is 0 Å². The monoisotopic (exact) mass is 266 g/mol. The summed E-state index contributed by atoms with van der Waals surface area (Å²) in [6, 6.07) is 14.3. The molecule has 0 atom stereocenters. The number of nitrogens with two attached hydrogens (primary N) is 1. The molecule has 2 aromatic carbocycles. The Morgan fingerprint density at radius 2 is 1.84 bits per heavy atom. The van der Waals surface area contributed by atoms with Crippen LogP contribution in [0.5, 0.6) is 0 Å². The Labute approximate surface area is 116 Å². The molecule has 2 nitrogen and oxygen atoms in total. The molecule has 0 saturated heterocycles. The van der Waals surface area contributed by atoms with Gasteiger partial charge in [0.05, 0.1) is 0 Å². The summed E-state index contributed by atoms with van der Waals surface area (Å²) in [7, 11) is 0. The summed E-state index contributed by atoms with van der Waals surface area (Å²) in [6.07, 6.45) is 1.85. The van der Waals surface area contributed by atoms with Crippen molar-refractivity contribution < 1.29 is 0 Å². The molecule has 0 aliphatic carbocycles. The highest BCUT2D eigenvalue weighted by Crippen LogP contribution is 2.35. The first kappa shape index (κ1) is 11.9. The molecule has 94 valence electrons. The second-order valence-electron chi connectivity index (χ2n) is 4.46. The molecular formula is C16H14N2S. The van der Waals surface area contributed by atoms with E-state index >= 15 is 0 Å². The minimum Gasteiger partial charge on any atom is -0.399 e. The van der Waals surface area contributed by atoms with Crippen LogP contribution in [0.25, 0.3) is 21.7 Å². The molecule has 0 aliphatic heterocycles. The van der Waals surface area contributed by atoms with Gasteiger partial charge in [-0.2, -0.15) is 0 Å². The van der Waals surface area contributed by atoms with Crippen LogP contribution in [0, 0.1) is 6.92 Å². The molecule has 1 heterocycles. The van der Waals surface area contributed by atoms with Gasteiger partial charge in [-0.25, -0.2) is 4.98 Å². The van der Waals surface area contributed by atoms with Gasteiger partial charge in [0.1, 0.15) is 5.01 Å². The number of benzene rings is 2. The Morgan fingerprint density at radius 1 is 1.05 bits per heavy atom. The third-order valence-corrected chi connectivity index (χ3v) is 3.93. The van der Waals surface area contributed by atoms with E-state index in [4.69, 9.17) is 5.73 Å². The lowest BCUT2D eigenvalue weighted by atomic mass is 9.96. The smallest absolute Gasteiger partial charge is 0.124 e. The third-order valence-electron chi connectivity index (χ3n) is 3.14. The number of hydrogen-bond acceptors (Lipinski definition) is 3. The fraction of sp³-hybridized carbons (Fsp3) is 0.0625. The number of anilines is 1. The van der Waals surface area contributed by atoms with E-state index in [1.54, 1.807) is 11.3 Å². The highest BCUT2D eigenvalue weighted by molar-refractivity contribution is 7.13. The molecular weight excluding hydrogens is 252 g/mol. The first-order valence-electron chi connectivity index (χ1n) is 6.11. The van der Waals surface area contributed by atoms with Gasteiger partial charge in [0, 0.05) is 22.8 Å². The summed E-state index contributed by atoms with van der Waals surface area (Å²) in [5, 5.41) is 3.07. The number of thiazole rings is 1. The van der Waals surface area contributed by atoms with Gasteiger partial charge in [0.15, 0.2) is 0 Å². The maximum Gasteiger partial charge on any atom is 0.124 e. The molecule has 2 N–H and O–H groups in total. The van der Waals surface area contributed by atoms with Crippen molar-refractivity contribution in [1.29, 1.82) is 0 Å². The van der Waals surface area contributed by atoms with Crippen molar-refractivity contribution >= 4 is 17.0 Å². The van der Waals surface area contributed by atoms with Crippen LogP contribution >= 0.6 is 11.3 Å². The molecule has 3 rings (SSSR count). The Balaban J connectivity index is 2.22. The minimum atomic E-state index is 0.784. The molecule has 1 aromatic heterocycles. The van der Waals surface area contributed by atoms with E-state index in [9.17, 15) is 0 Å². The SMILES string of the molecule is Cc1cccc(-c2ccc(N)cc2)c1-c1nccs1. The molecule has 3 heteroatoms. The topological polar surface area (TPSA) is 38.9 Å². The van der Waals surface area contributed by atoms with E-state index in [1.807, 2.05) is 23.7 Å². The van der Waals surface area contributed by atoms with Crippen LogP contribution in [0.4, 0.5) is 5.69 Å². The van der Waals surface area contributed by atoms with Crippen molar-refractivity contribution in [2.75, 3.05) is 5.73 Å². The Bertz CT molecular complexity index is 685. The third kappa shape index (κ3) is 2.25. The molecule has 19 heavy (non-hydrogen) atoms. The second-order valence-corrected chi connectivity index (χ2v) is 5.35. The van der Waals surface area contributed by atoms with Crippen molar-refractivity contribution in [3.8, 4) is 21.7 Å². The molecule has 0 saturated carbocycles. The van der Waals surface area contributed by atoms with Crippen LogP contribution in [0.15, 0.2) is 54.0 Å². The van der Waals surface area contributed by atoms with Crippen molar-refractivity contribution in [3.63, 3.8) is 0 Å². The quantitative estimate of drug-likeness (QED) is 0.700. The van der Waals surface area contributed by atoms with E-state index in [2.05, 4.69) is 42.2 Å². The highest BCUT2D eigenvalue weighted by Gasteiger charge is 2.11. The summed E-state index contributed by atoms with van der Waals surface area (Å²) >= 11 is 1.67. The lowest BCUT2D eigenvalue weighted by Gasteiger charge is -2.11. The van der Waals surface area contributed by atoms with Gasteiger partial charge in [0.25, 0.3) is 0 Å². The van der Waals surface area contributed by atoms with Gasteiger partial charge < -0.3 is 5.73 Å². The van der Waals surface area contributed by atoms with E-state index in [1.165, 1.54) is 22.3 Å². The van der Waals surface area contributed by atoms with Gasteiger partial charge in [-0.3, -0.25) is 0 Å². The predicted molar refractivity (Wildman–Crippen MR) is 82.1 cm³/mol. The van der Waals surface area contributed by atoms with Crippen molar-refractivity contribution in [2.24, 2.45) is 0 Å². The molecule has 0 amide bonds. The zero-order chi connectivity index (χ0) is 13.2. The van der Waals surface area contributed by atoms with Gasteiger partial charge >= 0.3 is 0 Å². The summed E-state index contributed by atoms with van der Waals surface area (Å²) in [5.74, 6) is 0. The van der Waals surface area contributed by atoms with Crippen LogP contribution in [0.3, 0.4) is 0 Å². The van der Waals surface area contributed by atoms with Crippen molar-refractivity contribution in [1.82, 2.24) is 4.98 Å². The van der Waals surface area contributed by atoms with Crippen LogP contribution in [-0.2, 0) is 0 Å². The fourth-order valence-electron chi connectivity index (χ4n) is 2.20. The zero-order valence-corrected chi connectivity index (χ0v) is 11.4. The largest absolute Gasteiger partial charge is 0.399 e. The number of rotatable bonds is 2. The average Bonchev–Trinajstić information content (AvgIpc) is 2.93. The Kier molecular flexibility index (Phi) is 3.05. The maximum absolute atomic E-state index is 5.76. The normalized spacial score (nSPS) is 10.6. The summed E-state index contributed by atoms with van der Waals surface area (Å²) < 4.78 is 0. The average molecular weight is 266 g/mol. The minimum absolute atomic E-state index is 0.784. The fourth-order valence-corrected chi connectivity index (χ4v) is 2.96. The summed E-state index contributed by atoms with van der Waals surface area (Å²) in [6.45, 7) is 2.12. The lowest BCUT2D eigenvalue weighted by molar-refractivity contribution is 1.38. The second kappa shape index (κ2) is 4.86. The summed E-state index contributed by atoms with van der Waals surface area (Å²) in [5.41, 5.74) is 11.4. The highest BCUT2D eigenvalue weighted by atomic mass is 32.1. The Morgan fingerprint density at radius 3 is 2.53 bits per heavy atom. The number of aromatic nitrogens is 1. The van der Waals surface area contributed by atoms with Gasteiger partial charge in [0.2, 0.25) is 0 Å². The standard InChI is InChI=1S/C16H14N2S/c1-11-3-2-4-14(12-5-7-13(17)8-6-12)15(11)16-18-9-10-19-16/h2-10H,17H2,1H3. The van der Waals surface area contributed by atoms with Crippen molar-refractivity contribution in [3.05, 3.63) is 59.6 Å². The van der Waals surface area contributed by atoms with Gasteiger partial charge in [-0.1, -0.05) is 30.3 Å². The first-order chi connectivity index (χ1) is 9.25.